The third kappa shape index (κ3) is 11.7. The van der Waals surface area contributed by atoms with Crippen LogP contribution in [0.2, 0.25) is 6.04 Å². The van der Waals surface area contributed by atoms with E-state index in [-0.39, 0.29) is 0 Å². The van der Waals surface area contributed by atoms with Crippen molar-refractivity contribution in [3.63, 3.8) is 0 Å². The summed E-state index contributed by atoms with van der Waals surface area (Å²) < 4.78 is 0. The molecule has 0 bridgehead atoms. The molecule has 0 aliphatic rings. The first kappa shape index (κ1) is 12.7. The molecule has 13 heavy (non-hydrogen) atoms. The van der Waals surface area contributed by atoms with Gasteiger partial charge in [0.1, 0.15) is 0 Å². The Morgan fingerprint density at radius 2 is 1.23 bits per heavy atom. The van der Waals surface area contributed by atoms with Crippen LogP contribution in [0.3, 0.4) is 0 Å². The van der Waals surface area contributed by atoms with E-state index in [1.165, 1.54) is 51.0 Å². The van der Waals surface area contributed by atoms with E-state index in [0.717, 1.165) is 12.8 Å². The highest BCUT2D eigenvalue weighted by Crippen LogP contribution is 2.09. The molecule has 0 aliphatic carbocycles. The lowest BCUT2D eigenvalue weighted by Crippen LogP contribution is -1.81. The molecule has 0 unspecified atom stereocenters. The van der Waals surface area contributed by atoms with Crippen molar-refractivity contribution in [2.75, 3.05) is 0 Å². The van der Waals surface area contributed by atoms with Crippen molar-refractivity contribution >= 4 is 10.2 Å². The average Bonchev–Trinajstić information content (AvgIpc) is 2.16. The van der Waals surface area contributed by atoms with Crippen LogP contribution in [0.5, 0.6) is 0 Å². The first-order chi connectivity index (χ1) is 6.41. The molecule has 0 N–H and O–H groups in total. The number of rotatable bonds is 9. The normalized spacial score (nSPS) is 9.85. The predicted octanol–water partition coefficient (Wildman–Crippen LogP) is 3.07. The maximum Gasteiger partial charge on any atom is 0.0621 e. The standard InChI is InChI=1S/C11H22NSi/c12-10-8-6-4-2-1-3-5-7-9-11-13/h1-9,11,13H2. The summed E-state index contributed by atoms with van der Waals surface area (Å²) in [5, 5.41) is 8.32. The number of hydrogen-bond donors (Lipinski definition) is 0. The maximum atomic E-state index is 8.32. The lowest BCUT2D eigenvalue weighted by molar-refractivity contribution is 0.578. The van der Waals surface area contributed by atoms with Gasteiger partial charge >= 0.3 is 0 Å². The van der Waals surface area contributed by atoms with Crippen molar-refractivity contribution in [1.29, 1.82) is 5.26 Å². The van der Waals surface area contributed by atoms with Crippen LogP contribution >= 0.6 is 0 Å². The second-order valence-corrected chi connectivity index (χ2v) is 4.30. The third-order valence-corrected chi connectivity index (χ3v) is 2.79. The fourth-order valence-corrected chi connectivity index (χ4v) is 1.80. The van der Waals surface area contributed by atoms with Crippen LogP contribution in [-0.2, 0) is 0 Å². The number of unbranched alkanes of at least 4 members (excludes halogenated alkanes) is 8. The second-order valence-electron chi connectivity index (χ2n) is 3.59. The van der Waals surface area contributed by atoms with Crippen molar-refractivity contribution in [2.45, 2.75) is 63.8 Å². The number of nitrogens with zero attached hydrogens (tertiary/aromatic N) is 1. The summed E-state index contributed by atoms with van der Waals surface area (Å²) >= 11 is 0. The van der Waals surface area contributed by atoms with Gasteiger partial charge < -0.3 is 0 Å². The Kier molecular flexibility index (Phi) is 11.4. The summed E-state index contributed by atoms with van der Waals surface area (Å²) in [7, 11) is 2.08. The number of hydrogen-bond acceptors (Lipinski definition) is 1. The molecule has 0 aromatic heterocycles. The van der Waals surface area contributed by atoms with Crippen molar-refractivity contribution in [2.24, 2.45) is 0 Å². The zero-order chi connectivity index (χ0) is 9.78. The second kappa shape index (κ2) is 11.7. The van der Waals surface area contributed by atoms with Gasteiger partial charge in [0.2, 0.25) is 0 Å². The maximum absolute atomic E-state index is 8.32. The molecule has 0 amide bonds. The Labute approximate surface area is 86.0 Å². The van der Waals surface area contributed by atoms with E-state index in [0.29, 0.717) is 0 Å². The Bertz CT molecular complexity index is 129. The van der Waals surface area contributed by atoms with Gasteiger partial charge in [-0.3, -0.25) is 0 Å². The molecule has 1 radical (unpaired) electrons. The average molecular weight is 196 g/mol. The lowest BCUT2D eigenvalue weighted by Gasteiger charge is -1.99. The molecule has 0 aromatic rings. The summed E-state index contributed by atoms with van der Waals surface area (Å²) in [5.74, 6) is 0. The van der Waals surface area contributed by atoms with Crippen LogP contribution in [0.15, 0.2) is 0 Å². The molecule has 0 atom stereocenters. The molecular weight excluding hydrogens is 174 g/mol. The first-order valence-electron chi connectivity index (χ1n) is 5.58. The van der Waals surface area contributed by atoms with E-state index in [4.69, 9.17) is 5.26 Å². The molecule has 75 valence electrons. The van der Waals surface area contributed by atoms with Gasteiger partial charge in [0, 0.05) is 16.7 Å². The lowest BCUT2D eigenvalue weighted by atomic mass is 10.1. The van der Waals surface area contributed by atoms with Gasteiger partial charge in [-0.05, 0) is 6.42 Å². The largest absolute Gasteiger partial charge is 0.198 e. The minimum Gasteiger partial charge on any atom is -0.198 e. The van der Waals surface area contributed by atoms with Gasteiger partial charge in [-0.25, -0.2) is 0 Å². The zero-order valence-electron chi connectivity index (χ0n) is 8.73. The van der Waals surface area contributed by atoms with Gasteiger partial charge in [-0.1, -0.05) is 51.0 Å². The molecule has 0 rings (SSSR count). The van der Waals surface area contributed by atoms with Crippen LogP contribution in [0.1, 0.15) is 57.8 Å². The third-order valence-electron chi connectivity index (χ3n) is 2.29. The summed E-state index contributed by atoms with van der Waals surface area (Å²) in [6.07, 6.45) is 11.4. The molecule has 0 fully saturated rings. The topological polar surface area (TPSA) is 23.8 Å². The van der Waals surface area contributed by atoms with Gasteiger partial charge in [0.05, 0.1) is 6.07 Å². The van der Waals surface area contributed by atoms with Crippen molar-refractivity contribution in [1.82, 2.24) is 0 Å². The van der Waals surface area contributed by atoms with E-state index in [1.54, 1.807) is 0 Å². The highest BCUT2D eigenvalue weighted by Gasteiger charge is 1.91. The highest BCUT2D eigenvalue weighted by atomic mass is 28.1. The molecule has 0 saturated heterocycles. The van der Waals surface area contributed by atoms with Crippen molar-refractivity contribution < 1.29 is 0 Å². The molecule has 0 heterocycles. The summed E-state index contributed by atoms with van der Waals surface area (Å²) in [6, 6.07) is 3.55. The number of nitriles is 1. The molecular formula is C11H22NSi. The zero-order valence-corrected chi connectivity index (χ0v) is 10.1. The monoisotopic (exact) mass is 196 g/mol. The Morgan fingerprint density at radius 1 is 0.769 bits per heavy atom. The SMILES string of the molecule is N#CCCCCCCCCCC[SiH2]. The quantitative estimate of drug-likeness (QED) is 0.411. The van der Waals surface area contributed by atoms with Crippen LogP contribution in [-0.4, -0.2) is 10.2 Å². The molecule has 0 spiro atoms. The summed E-state index contributed by atoms with van der Waals surface area (Å²) in [4.78, 5) is 0. The molecule has 1 nitrogen and oxygen atoms in total. The first-order valence-corrected chi connectivity index (χ1v) is 6.58. The highest BCUT2D eigenvalue weighted by molar-refractivity contribution is 6.08. The summed E-state index contributed by atoms with van der Waals surface area (Å²) in [5.41, 5.74) is 0. The summed E-state index contributed by atoms with van der Waals surface area (Å²) in [6.45, 7) is 0. The minimum atomic E-state index is 0.747. The van der Waals surface area contributed by atoms with Crippen LogP contribution < -0.4 is 0 Å². The van der Waals surface area contributed by atoms with Gasteiger partial charge in [-0.2, -0.15) is 5.26 Å². The van der Waals surface area contributed by atoms with Gasteiger partial charge in [-0.15, -0.1) is 0 Å². The molecule has 0 aliphatic heterocycles. The fourth-order valence-electron chi connectivity index (χ4n) is 1.44. The molecule has 2 heteroatoms. The van der Waals surface area contributed by atoms with E-state index >= 15 is 0 Å². The van der Waals surface area contributed by atoms with Crippen LogP contribution in [0, 0.1) is 11.3 Å². The molecule has 0 saturated carbocycles. The predicted molar refractivity (Wildman–Crippen MR) is 60.5 cm³/mol. The smallest absolute Gasteiger partial charge is 0.0621 e. The minimum absolute atomic E-state index is 0.747. The Hall–Kier alpha value is -0.293. The Morgan fingerprint density at radius 3 is 1.69 bits per heavy atom. The van der Waals surface area contributed by atoms with E-state index in [9.17, 15) is 0 Å². The fraction of sp³-hybridized carbons (Fsp3) is 0.909. The van der Waals surface area contributed by atoms with Crippen molar-refractivity contribution in [3.05, 3.63) is 0 Å². The van der Waals surface area contributed by atoms with E-state index < -0.39 is 0 Å². The van der Waals surface area contributed by atoms with E-state index in [1.807, 2.05) is 0 Å². The Balaban J connectivity index is 2.80. The van der Waals surface area contributed by atoms with Crippen molar-refractivity contribution in [3.8, 4) is 6.07 Å². The van der Waals surface area contributed by atoms with Gasteiger partial charge in [0.15, 0.2) is 0 Å². The van der Waals surface area contributed by atoms with Crippen LogP contribution in [0.4, 0.5) is 0 Å². The molecule has 0 aromatic carbocycles. The van der Waals surface area contributed by atoms with Crippen LogP contribution in [0.25, 0.3) is 0 Å². The van der Waals surface area contributed by atoms with Gasteiger partial charge in [0.25, 0.3) is 0 Å². The van der Waals surface area contributed by atoms with E-state index in [2.05, 4.69) is 16.3 Å².